The number of benzene rings is 1. The zero-order valence-electron chi connectivity index (χ0n) is 14.6. The van der Waals surface area contributed by atoms with Crippen molar-refractivity contribution in [2.24, 2.45) is 0 Å². The summed E-state index contributed by atoms with van der Waals surface area (Å²) in [5.41, 5.74) is 2.07. The molecule has 7 heteroatoms. The molecule has 3 heterocycles. The molecule has 4 rings (SSSR count). The van der Waals surface area contributed by atoms with E-state index in [1.54, 1.807) is 22.2 Å². The van der Waals surface area contributed by atoms with Gasteiger partial charge in [-0.05, 0) is 51.1 Å². The maximum absolute atomic E-state index is 13.2. The van der Waals surface area contributed by atoms with Gasteiger partial charge in [0.2, 0.25) is 0 Å². The number of hydrogen-bond donors (Lipinski definition) is 2. The molecular weight excluding hydrogens is 346 g/mol. The zero-order chi connectivity index (χ0) is 18.0. The second kappa shape index (κ2) is 7.01. The molecule has 3 aromatic rings. The number of anilines is 1. The summed E-state index contributed by atoms with van der Waals surface area (Å²) in [5, 5.41) is 13.9. The Hall–Kier alpha value is -2.51. The summed E-state index contributed by atoms with van der Waals surface area (Å²) < 4.78 is 1.80. The Labute approximate surface area is 156 Å². The van der Waals surface area contributed by atoms with Gasteiger partial charge in [0.25, 0.3) is 5.91 Å². The van der Waals surface area contributed by atoms with E-state index >= 15 is 0 Å². The van der Waals surface area contributed by atoms with Gasteiger partial charge in [-0.3, -0.25) is 9.48 Å². The predicted molar refractivity (Wildman–Crippen MR) is 103 cm³/mol. The van der Waals surface area contributed by atoms with Crippen LogP contribution in [0.1, 0.15) is 17.8 Å². The van der Waals surface area contributed by atoms with Crippen LogP contribution in [0.3, 0.4) is 0 Å². The summed E-state index contributed by atoms with van der Waals surface area (Å²) in [6, 6.07) is 9.71. The van der Waals surface area contributed by atoms with Gasteiger partial charge in [0.05, 0.1) is 10.7 Å². The van der Waals surface area contributed by atoms with Gasteiger partial charge < -0.3 is 10.6 Å². The molecule has 0 spiro atoms. The van der Waals surface area contributed by atoms with Gasteiger partial charge in [0, 0.05) is 29.0 Å². The number of nitrogens with zero attached hydrogens (tertiary/aromatic N) is 3. The first-order chi connectivity index (χ1) is 12.7. The molecular formula is C19H21N5OS. The second-order valence-electron chi connectivity index (χ2n) is 6.52. The van der Waals surface area contributed by atoms with Crippen LogP contribution in [-0.4, -0.2) is 33.8 Å². The first-order valence-electron chi connectivity index (χ1n) is 8.72. The molecule has 1 fully saturated rings. The highest BCUT2D eigenvalue weighted by Gasteiger charge is 2.42. The molecule has 6 nitrogen and oxygen atoms in total. The molecule has 2 aromatic heterocycles. The van der Waals surface area contributed by atoms with Crippen LogP contribution in [0, 0.1) is 6.92 Å². The number of thiazole rings is 1. The smallest absolute Gasteiger partial charge is 0.252 e. The van der Waals surface area contributed by atoms with E-state index in [4.69, 9.17) is 0 Å². The number of nitrogens with one attached hydrogen (secondary N) is 2. The number of piperidine rings is 1. The summed E-state index contributed by atoms with van der Waals surface area (Å²) in [4.78, 5) is 17.8. The topological polar surface area (TPSA) is 71.8 Å². The highest BCUT2D eigenvalue weighted by Crippen LogP contribution is 2.30. The molecule has 0 radical (unpaired) electrons. The molecule has 2 N–H and O–H groups in total. The van der Waals surface area contributed by atoms with Gasteiger partial charge in [-0.1, -0.05) is 12.1 Å². The third-order valence-electron chi connectivity index (χ3n) is 4.83. The van der Waals surface area contributed by atoms with Crippen LogP contribution in [0.15, 0.2) is 48.1 Å². The maximum Gasteiger partial charge on any atom is 0.252 e. The summed E-state index contributed by atoms with van der Waals surface area (Å²) in [6.45, 7) is 3.58. The van der Waals surface area contributed by atoms with E-state index in [0.717, 1.165) is 35.0 Å². The molecule has 26 heavy (non-hydrogen) atoms. The van der Waals surface area contributed by atoms with Crippen molar-refractivity contribution < 1.29 is 4.79 Å². The largest absolute Gasteiger partial charge is 0.324 e. The van der Waals surface area contributed by atoms with Crippen molar-refractivity contribution >= 4 is 22.9 Å². The molecule has 0 aliphatic carbocycles. The van der Waals surface area contributed by atoms with Gasteiger partial charge >= 0.3 is 0 Å². The summed E-state index contributed by atoms with van der Waals surface area (Å²) in [7, 11) is 0. The highest BCUT2D eigenvalue weighted by molar-refractivity contribution is 7.09. The van der Waals surface area contributed by atoms with Crippen LogP contribution in [0.4, 0.5) is 5.69 Å². The molecule has 1 amide bonds. The maximum atomic E-state index is 13.2. The molecule has 134 valence electrons. The van der Waals surface area contributed by atoms with E-state index in [0.29, 0.717) is 12.8 Å². The third-order valence-corrected chi connectivity index (χ3v) is 5.61. The van der Waals surface area contributed by atoms with Gasteiger partial charge in [0.1, 0.15) is 5.54 Å². The molecule has 1 saturated heterocycles. The number of carbonyl (C=O) groups is 1. The van der Waals surface area contributed by atoms with Gasteiger partial charge in [-0.15, -0.1) is 11.3 Å². The molecule has 1 aromatic carbocycles. The van der Waals surface area contributed by atoms with E-state index in [-0.39, 0.29) is 5.91 Å². The fraction of sp³-hybridized carbons (Fsp3) is 0.316. The first kappa shape index (κ1) is 16.9. The Bertz CT molecular complexity index is 896. The number of rotatable bonds is 4. The number of amides is 1. The van der Waals surface area contributed by atoms with Crippen molar-refractivity contribution in [1.29, 1.82) is 0 Å². The van der Waals surface area contributed by atoms with Crippen LogP contribution in [0.2, 0.25) is 0 Å². The van der Waals surface area contributed by atoms with Crippen molar-refractivity contribution in [2.45, 2.75) is 25.3 Å². The standard InChI is InChI=1S/C19H21N5OS/c1-14-22-17(13-26-14)15-4-2-5-16(12-15)23-18(25)19(6-9-20-10-7-19)24-11-3-8-21-24/h2-5,8,11-13,20H,6-7,9-10H2,1H3,(H,23,25). The van der Waals surface area contributed by atoms with Crippen molar-refractivity contribution in [3.05, 3.63) is 53.1 Å². The normalized spacial score (nSPS) is 16.3. The van der Waals surface area contributed by atoms with Crippen molar-refractivity contribution in [2.75, 3.05) is 18.4 Å². The summed E-state index contributed by atoms with van der Waals surface area (Å²) >= 11 is 1.62. The minimum absolute atomic E-state index is 0.0192. The van der Waals surface area contributed by atoms with E-state index in [9.17, 15) is 4.79 Å². The van der Waals surface area contributed by atoms with Crippen LogP contribution >= 0.6 is 11.3 Å². The Kier molecular flexibility index (Phi) is 4.57. The van der Waals surface area contributed by atoms with Gasteiger partial charge in [-0.25, -0.2) is 4.98 Å². The van der Waals surface area contributed by atoms with Crippen LogP contribution in [-0.2, 0) is 10.3 Å². The fourth-order valence-corrected chi connectivity index (χ4v) is 4.04. The molecule has 0 bridgehead atoms. The summed E-state index contributed by atoms with van der Waals surface area (Å²) in [6.07, 6.45) is 5.03. The van der Waals surface area contributed by atoms with Gasteiger partial charge in [-0.2, -0.15) is 5.10 Å². The third kappa shape index (κ3) is 3.15. The van der Waals surface area contributed by atoms with E-state index in [1.165, 1.54) is 0 Å². The molecule has 0 atom stereocenters. The Morgan fingerprint density at radius 3 is 2.85 bits per heavy atom. The SMILES string of the molecule is Cc1nc(-c2cccc(NC(=O)C3(n4cccn4)CCNCC3)c2)cs1. The number of aryl methyl sites for hydroxylation is 1. The molecule has 0 unspecified atom stereocenters. The molecule has 1 aliphatic heterocycles. The van der Waals surface area contributed by atoms with Gasteiger partial charge in [0.15, 0.2) is 0 Å². The first-order valence-corrected chi connectivity index (χ1v) is 9.60. The zero-order valence-corrected chi connectivity index (χ0v) is 15.4. The quantitative estimate of drug-likeness (QED) is 0.743. The van der Waals surface area contributed by atoms with E-state index in [2.05, 4.69) is 20.7 Å². The van der Waals surface area contributed by atoms with Crippen molar-refractivity contribution in [1.82, 2.24) is 20.1 Å². The lowest BCUT2D eigenvalue weighted by atomic mass is 9.87. The number of aromatic nitrogens is 3. The Balaban J connectivity index is 1.61. The lowest BCUT2D eigenvalue weighted by Gasteiger charge is -2.36. The lowest BCUT2D eigenvalue weighted by molar-refractivity contribution is -0.126. The van der Waals surface area contributed by atoms with E-state index < -0.39 is 5.54 Å². The van der Waals surface area contributed by atoms with Crippen LogP contribution in [0.25, 0.3) is 11.3 Å². The van der Waals surface area contributed by atoms with Crippen molar-refractivity contribution in [3.63, 3.8) is 0 Å². The summed E-state index contributed by atoms with van der Waals surface area (Å²) in [5.74, 6) is -0.0192. The lowest BCUT2D eigenvalue weighted by Crippen LogP contribution is -2.52. The molecule has 0 saturated carbocycles. The van der Waals surface area contributed by atoms with Crippen molar-refractivity contribution in [3.8, 4) is 11.3 Å². The number of carbonyl (C=O) groups excluding carboxylic acids is 1. The Morgan fingerprint density at radius 1 is 1.31 bits per heavy atom. The molecule has 1 aliphatic rings. The van der Waals surface area contributed by atoms with Crippen LogP contribution in [0.5, 0.6) is 0 Å². The Morgan fingerprint density at radius 2 is 2.15 bits per heavy atom. The highest BCUT2D eigenvalue weighted by atomic mass is 32.1. The fourth-order valence-electron chi connectivity index (χ4n) is 3.42. The predicted octanol–water partition coefficient (Wildman–Crippen LogP) is 3.03. The number of hydrogen-bond acceptors (Lipinski definition) is 5. The van der Waals surface area contributed by atoms with Crippen LogP contribution < -0.4 is 10.6 Å². The average molecular weight is 367 g/mol. The van der Waals surface area contributed by atoms with E-state index in [1.807, 2.05) is 48.8 Å². The monoisotopic (exact) mass is 367 g/mol. The second-order valence-corrected chi connectivity index (χ2v) is 7.58. The minimum Gasteiger partial charge on any atom is -0.324 e. The average Bonchev–Trinajstić information content (AvgIpc) is 3.34. The minimum atomic E-state index is -0.651.